The Kier molecular flexibility index (Phi) is 5.04. The first-order chi connectivity index (χ1) is 17.6. The average molecular weight is 487 g/mol. The number of fused-ring (bicyclic) bond motifs is 3. The smallest absolute Gasteiger partial charge is 0.254 e. The van der Waals surface area contributed by atoms with Crippen LogP contribution in [0.2, 0.25) is 0 Å². The number of nitrogens with zero attached hydrogens (tertiary/aromatic N) is 5. The van der Waals surface area contributed by atoms with Gasteiger partial charge in [0.1, 0.15) is 16.9 Å². The molecule has 2 atom stereocenters. The number of morpholine rings is 1. The number of carbonyl (C=O) groups excluding carboxylic acids is 1. The third kappa shape index (κ3) is 3.49. The highest BCUT2D eigenvalue weighted by Gasteiger charge is 2.38. The van der Waals surface area contributed by atoms with Crippen molar-refractivity contribution in [3.05, 3.63) is 42.1 Å². The molecule has 1 amide bonds. The molecule has 0 bridgehead atoms. The average Bonchev–Trinajstić information content (AvgIpc) is 3.36. The summed E-state index contributed by atoms with van der Waals surface area (Å²) in [6.07, 6.45) is 4.41. The fourth-order valence-electron chi connectivity index (χ4n) is 5.78. The Balaban J connectivity index is 1.31. The number of pyridine rings is 1. The number of hydrogen-bond donors (Lipinski definition) is 1. The van der Waals surface area contributed by atoms with E-state index in [0.29, 0.717) is 36.9 Å². The van der Waals surface area contributed by atoms with E-state index in [0.717, 1.165) is 46.7 Å². The minimum absolute atomic E-state index is 0.0192. The quantitative estimate of drug-likeness (QED) is 0.467. The fraction of sp³-hybridized carbons (Fsp3) is 0.444. The van der Waals surface area contributed by atoms with Crippen molar-refractivity contribution < 1.29 is 14.3 Å². The van der Waals surface area contributed by atoms with Gasteiger partial charge in [0.25, 0.3) is 5.91 Å². The molecule has 0 spiro atoms. The molecular formula is C27H30N6O3. The molecule has 186 valence electrons. The highest BCUT2D eigenvalue weighted by atomic mass is 16.5. The van der Waals surface area contributed by atoms with Gasteiger partial charge in [0.15, 0.2) is 5.82 Å². The Morgan fingerprint density at radius 3 is 2.94 bits per heavy atom. The van der Waals surface area contributed by atoms with E-state index in [1.807, 2.05) is 36.3 Å². The van der Waals surface area contributed by atoms with E-state index in [2.05, 4.69) is 31.6 Å². The standard InChI is InChI=1S/C27H30N6O3/c1-31-24-19(30-26(31)21-11-17-4-3-7-29-25(17)33(21)13-16-5-6-16)10-18(12-22(24)35-2)27(34)32-14-20-23(15-32)36-9-8-28-20/h3-4,7,10-12,16,20,23,28H,5-6,8-9,13-15H2,1-2H3/t20?,23-/m1/s1. The number of amides is 1. The Morgan fingerprint density at radius 1 is 1.25 bits per heavy atom. The Labute approximate surface area is 209 Å². The van der Waals surface area contributed by atoms with Crippen LogP contribution in [-0.4, -0.2) is 75.4 Å². The van der Waals surface area contributed by atoms with Crippen molar-refractivity contribution in [3.8, 4) is 17.3 Å². The number of carbonyl (C=O) groups is 1. The van der Waals surface area contributed by atoms with Crippen molar-refractivity contribution in [3.63, 3.8) is 0 Å². The van der Waals surface area contributed by atoms with Crippen molar-refractivity contribution in [1.82, 2.24) is 29.3 Å². The summed E-state index contributed by atoms with van der Waals surface area (Å²) in [5.74, 6) is 2.16. The van der Waals surface area contributed by atoms with Crippen LogP contribution in [0.1, 0.15) is 23.2 Å². The van der Waals surface area contributed by atoms with Crippen LogP contribution in [0.3, 0.4) is 0 Å². The topological polar surface area (TPSA) is 86.4 Å². The summed E-state index contributed by atoms with van der Waals surface area (Å²) < 4.78 is 16.0. The molecule has 1 saturated carbocycles. The molecule has 36 heavy (non-hydrogen) atoms. The first-order valence-electron chi connectivity index (χ1n) is 12.7. The van der Waals surface area contributed by atoms with Gasteiger partial charge in [0, 0.05) is 50.4 Å². The molecule has 1 aromatic carbocycles. The van der Waals surface area contributed by atoms with Crippen LogP contribution in [0.4, 0.5) is 0 Å². The van der Waals surface area contributed by atoms with Crippen LogP contribution in [0.15, 0.2) is 36.5 Å². The zero-order valence-electron chi connectivity index (χ0n) is 20.6. The van der Waals surface area contributed by atoms with Gasteiger partial charge >= 0.3 is 0 Å². The van der Waals surface area contributed by atoms with Crippen LogP contribution < -0.4 is 10.1 Å². The molecular weight excluding hydrogens is 456 g/mol. The number of hydrogen-bond acceptors (Lipinski definition) is 6. The molecule has 2 saturated heterocycles. The van der Waals surface area contributed by atoms with Crippen molar-refractivity contribution in [2.45, 2.75) is 31.5 Å². The largest absolute Gasteiger partial charge is 0.494 e. The summed E-state index contributed by atoms with van der Waals surface area (Å²) in [6.45, 7) is 3.69. The van der Waals surface area contributed by atoms with Gasteiger partial charge in [-0.05, 0) is 49.1 Å². The van der Waals surface area contributed by atoms with Crippen LogP contribution in [-0.2, 0) is 18.3 Å². The second-order valence-corrected chi connectivity index (χ2v) is 10.2. The molecule has 2 aliphatic heterocycles. The predicted octanol–water partition coefficient (Wildman–Crippen LogP) is 2.82. The zero-order valence-corrected chi connectivity index (χ0v) is 20.6. The van der Waals surface area contributed by atoms with Gasteiger partial charge < -0.3 is 28.8 Å². The van der Waals surface area contributed by atoms with Gasteiger partial charge in [0.2, 0.25) is 0 Å². The lowest BCUT2D eigenvalue weighted by Crippen LogP contribution is -2.47. The number of aromatic nitrogens is 4. The van der Waals surface area contributed by atoms with Gasteiger partial charge in [0.05, 0.1) is 37.1 Å². The molecule has 1 unspecified atom stereocenters. The summed E-state index contributed by atoms with van der Waals surface area (Å²) in [7, 11) is 3.65. The maximum absolute atomic E-state index is 13.5. The van der Waals surface area contributed by atoms with Crippen molar-refractivity contribution >= 4 is 28.0 Å². The Morgan fingerprint density at radius 2 is 2.14 bits per heavy atom. The monoisotopic (exact) mass is 486 g/mol. The van der Waals surface area contributed by atoms with Gasteiger partial charge in [-0.2, -0.15) is 0 Å². The van der Waals surface area contributed by atoms with Crippen LogP contribution in [0, 0.1) is 5.92 Å². The molecule has 4 aromatic rings. The molecule has 3 aromatic heterocycles. The highest BCUT2D eigenvalue weighted by Crippen LogP contribution is 2.37. The molecule has 0 radical (unpaired) electrons. The summed E-state index contributed by atoms with van der Waals surface area (Å²) in [6, 6.07) is 10.2. The van der Waals surface area contributed by atoms with E-state index < -0.39 is 0 Å². The summed E-state index contributed by atoms with van der Waals surface area (Å²) in [5, 5.41) is 4.57. The van der Waals surface area contributed by atoms with Crippen LogP contribution in [0.25, 0.3) is 33.6 Å². The van der Waals surface area contributed by atoms with Crippen molar-refractivity contribution in [1.29, 1.82) is 0 Å². The normalized spacial score (nSPS) is 21.9. The molecule has 9 nitrogen and oxygen atoms in total. The van der Waals surface area contributed by atoms with E-state index in [1.165, 1.54) is 12.8 Å². The van der Waals surface area contributed by atoms with Crippen molar-refractivity contribution in [2.75, 3.05) is 33.4 Å². The summed E-state index contributed by atoms with van der Waals surface area (Å²) >= 11 is 0. The number of aryl methyl sites for hydroxylation is 1. The molecule has 5 heterocycles. The number of ether oxygens (including phenoxy) is 2. The van der Waals surface area contributed by atoms with Gasteiger partial charge in [-0.1, -0.05) is 0 Å². The van der Waals surface area contributed by atoms with Gasteiger partial charge in [-0.25, -0.2) is 9.97 Å². The summed E-state index contributed by atoms with van der Waals surface area (Å²) in [4.78, 5) is 25.1. The van der Waals surface area contributed by atoms with E-state index >= 15 is 0 Å². The minimum Gasteiger partial charge on any atom is -0.494 e. The lowest BCUT2D eigenvalue weighted by molar-refractivity contribution is 0.0176. The number of imidazole rings is 1. The molecule has 7 rings (SSSR count). The predicted molar refractivity (Wildman–Crippen MR) is 136 cm³/mol. The molecule has 9 heteroatoms. The SMILES string of the molecule is COc1cc(C(=O)N2CC3NCCO[C@@H]3C2)cc2nc(-c3cc4cccnc4n3CC3CC3)n(C)c12. The third-order valence-electron chi connectivity index (χ3n) is 7.82. The first kappa shape index (κ1) is 21.8. The van der Waals surface area contributed by atoms with Crippen LogP contribution in [0.5, 0.6) is 5.75 Å². The van der Waals surface area contributed by atoms with Gasteiger partial charge in [-0.3, -0.25) is 4.79 Å². The maximum atomic E-state index is 13.5. The second kappa shape index (κ2) is 8.31. The Bertz CT molecular complexity index is 1470. The first-order valence-corrected chi connectivity index (χ1v) is 12.7. The highest BCUT2D eigenvalue weighted by molar-refractivity contribution is 6.00. The molecule has 3 aliphatic rings. The number of likely N-dealkylation sites (tertiary alicyclic amines) is 1. The lowest BCUT2D eigenvalue weighted by atomic mass is 10.1. The van der Waals surface area contributed by atoms with E-state index in [-0.39, 0.29) is 18.1 Å². The van der Waals surface area contributed by atoms with E-state index in [1.54, 1.807) is 7.11 Å². The van der Waals surface area contributed by atoms with E-state index in [4.69, 9.17) is 14.5 Å². The lowest BCUT2D eigenvalue weighted by Gasteiger charge is -2.25. The van der Waals surface area contributed by atoms with Crippen LogP contribution >= 0.6 is 0 Å². The maximum Gasteiger partial charge on any atom is 0.254 e. The molecule has 1 N–H and O–H groups in total. The second-order valence-electron chi connectivity index (χ2n) is 10.2. The van der Waals surface area contributed by atoms with Gasteiger partial charge in [-0.15, -0.1) is 0 Å². The van der Waals surface area contributed by atoms with E-state index in [9.17, 15) is 4.79 Å². The Hall–Kier alpha value is -3.43. The number of methoxy groups -OCH3 is 1. The van der Waals surface area contributed by atoms with Crippen molar-refractivity contribution in [2.24, 2.45) is 13.0 Å². The minimum atomic E-state index is -0.0192. The zero-order chi connectivity index (χ0) is 24.4. The molecule has 1 aliphatic carbocycles. The number of rotatable bonds is 5. The summed E-state index contributed by atoms with van der Waals surface area (Å²) in [5.41, 5.74) is 4.23. The fourth-order valence-corrected chi connectivity index (χ4v) is 5.78. The third-order valence-corrected chi connectivity index (χ3v) is 7.82. The number of benzene rings is 1. The molecule has 3 fully saturated rings. The number of nitrogens with one attached hydrogen (secondary N) is 1.